The molecule has 42 heavy (non-hydrogen) atoms. The van der Waals surface area contributed by atoms with Crippen LogP contribution in [-0.2, 0) is 16.1 Å². The Kier molecular flexibility index (Phi) is 9.09. The molecular formula is C33H31BrN2O5S. The number of allylic oxidation sites excluding steroid dienone is 1. The van der Waals surface area contributed by atoms with Crippen molar-refractivity contribution < 1.29 is 19.0 Å². The Bertz CT molecular complexity index is 1830. The highest BCUT2D eigenvalue weighted by Gasteiger charge is 2.33. The first-order valence-electron chi connectivity index (χ1n) is 13.7. The number of nitrogens with zero attached hydrogens (tertiary/aromatic N) is 2. The average molecular weight is 648 g/mol. The van der Waals surface area contributed by atoms with Crippen molar-refractivity contribution in [2.75, 3.05) is 13.7 Å². The third kappa shape index (κ3) is 5.98. The lowest BCUT2D eigenvalue weighted by molar-refractivity contribution is -0.136. The van der Waals surface area contributed by atoms with Gasteiger partial charge in [0.15, 0.2) is 16.3 Å². The summed E-state index contributed by atoms with van der Waals surface area (Å²) in [6.45, 7) is 6.74. The Hall–Kier alpha value is -3.95. The fourth-order valence-electron chi connectivity index (χ4n) is 4.88. The zero-order valence-corrected chi connectivity index (χ0v) is 26.3. The molecule has 0 spiro atoms. The van der Waals surface area contributed by atoms with Crippen molar-refractivity contribution >= 4 is 39.3 Å². The molecule has 3 aromatic carbocycles. The summed E-state index contributed by atoms with van der Waals surface area (Å²) in [5, 5.41) is 0. The largest absolute Gasteiger partial charge is 0.490 e. The van der Waals surface area contributed by atoms with Crippen LogP contribution in [0, 0.1) is 6.92 Å². The molecule has 0 saturated carbocycles. The van der Waals surface area contributed by atoms with Crippen LogP contribution in [0.25, 0.3) is 6.08 Å². The van der Waals surface area contributed by atoms with Crippen LogP contribution >= 0.6 is 27.3 Å². The van der Waals surface area contributed by atoms with Crippen LogP contribution in [-0.4, -0.2) is 24.3 Å². The number of rotatable bonds is 9. The van der Waals surface area contributed by atoms with E-state index in [9.17, 15) is 9.59 Å². The van der Waals surface area contributed by atoms with E-state index in [1.807, 2.05) is 81.4 Å². The minimum absolute atomic E-state index is 0.238. The molecule has 0 amide bonds. The molecule has 1 aliphatic heterocycles. The zero-order chi connectivity index (χ0) is 29.8. The summed E-state index contributed by atoms with van der Waals surface area (Å²) in [5.41, 5.74) is 4.55. The van der Waals surface area contributed by atoms with Gasteiger partial charge >= 0.3 is 5.97 Å². The second kappa shape index (κ2) is 12.9. The monoisotopic (exact) mass is 646 g/mol. The summed E-state index contributed by atoms with van der Waals surface area (Å²) < 4.78 is 20.0. The van der Waals surface area contributed by atoms with E-state index >= 15 is 0 Å². The van der Waals surface area contributed by atoms with Gasteiger partial charge in [0.1, 0.15) is 6.61 Å². The van der Waals surface area contributed by atoms with Crippen LogP contribution in [0.5, 0.6) is 11.5 Å². The predicted molar refractivity (Wildman–Crippen MR) is 168 cm³/mol. The van der Waals surface area contributed by atoms with Gasteiger partial charge in [0.05, 0.1) is 40.0 Å². The third-order valence-corrected chi connectivity index (χ3v) is 8.47. The van der Waals surface area contributed by atoms with Crippen molar-refractivity contribution in [2.45, 2.75) is 39.8 Å². The van der Waals surface area contributed by atoms with Crippen LogP contribution < -0.4 is 24.4 Å². The molecule has 0 unspecified atom stereocenters. The molecule has 0 N–H and O–H groups in total. The number of methoxy groups -OCH3 is 1. The number of aromatic nitrogens is 1. The number of aryl methyl sites for hydroxylation is 1. The molecule has 1 atom stereocenters. The highest BCUT2D eigenvalue weighted by molar-refractivity contribution is 9.10. The van der Waals surface area contributed by atoms with Gasteiger partial charge in [0.2, 0.25) is 0 Å². The van der Waals surface area contributed by atoms with Crippen molar-refractivity contribution in [3.05, 3.63) is 124 Å². The molecule has 1 aliphatic rings. The minimum atomic E-state index is -0.643. The second-order valence-corrected chi connectivity index (χ2v) is 11.6. The van der Waals surface area contributed by atoms with Crippen LogP contribution in [0.1, 0.15) is 48.6 Å². The number of hydrogen-bond donors (Lipinski definition) is 0. The van der Waals surface area contributed by atoms with Gasteiger partial charge in [0.25, 0.3) is 5.56 Å². The number of halogens is 1. The SMILES string of the molecule is CCOc1cc(/C=c2\sc3n(c2=O)[C@@H](c2ccccc2)C(C(=O)OC)=C(CC)N=3)cc(Br)c1OCc1ccc(C)cc1. The number of fused-ring (bicyclic) bond motifs is 1. The molecule has 5 rings (SSSR count). The highest BCUT2D eigenvalue weighted by atomic mass is 79.9. The van der Waals surface area contributed by atoms with Gasteiger partial charge in [-0.2, -0.15) is 0 Å². The second-order valence-electron chi connectivity index (χ2n) is 9.74. The topological polar surface area (TPSA) is 79.1 Å². The van der Waals surface area contributed by atoms with E-state index in [0.717, 1.165) is 16.7 Å². The van der Waals surface area contributed by atoms with E-state index in [2.05, 4.69) is 28.1 Å². The lowest BCUT2D eigenvalue weighted by atomic mass is 9.95. The predicted octanol–water partition coefficient (Wildman–Crippen LogP) is 5.85. The molecule has 0 radical (unpaired) electrons. The molecule has 1 aromatic heterocycles. The molecule has 0 aliphatic carbocycles. The van der Waals surface area contributed by atoms with Crippen molar-refractivity contribution in [2.24, 2.45) is 4.99 Å². The molecular weight excluding hydrogens is 616 g/mol. The number of benzene rings is 3. The first kappa shape index (κ1) is 29.5. The van der Waals surface area contributed by atoms with Gasteiger partial charge < -0.3 is 14.2 Å². The fourth-order valence-corrected chi connectivity index (χ4v) is 6.47. The van der Waals surface area contributed by atoms with Crippen LogP contribution in [0.3, 0.4) is 0 Å². The summed E-state index contributed by atoms with van der Waals surface area (Å²) in [6.07, 6.45) is 2.34. The van der Waals surface area contributed by atoms with E-state index in [4.69, 9.17) is 19.2 Å². The maximum atomic E-state index is 13.9. The summed E-state index contributed by atoms with van der Waals surface area (Å²) in [6, 6.07) is 20.8. The Labute approximate surface area is 256 Å². The van der Waals surface area contributed by atoms with Gasteiger partial charge in [-0.1, -0.05) is 78.4 Å². The summed E-state index contributed by atoms with van der Waals surface area (Å²) >= 11 is 4.94. The molecule has 9 heteroatoms. The maximum absolute atomic E-state index is 13.9. The molecule has 4 aromatic rings. The number of carbonyl (C=O) groups excluding carboxylic acids is 1. The first-order chi connectivity index (χ1) is 20.3. The lowest BCUT2D eigenvalue weighted by Crippen LogP contribution is -2.40. The average Bonchev–Trinajstić information content (AvgIpc) is 3.30. The molecule has 0 fully saturated rings. The van der Waals surface area contributed by atoms with Crippen LogP contribution in [0.2, 0.25) is 0 Å². The lowest BCUT2D eigenvalue weighted by Gasteiger charge is -2.25. The van der Waals surface area contributed by atoms with Crippen molar-refractivity contribution in [3.63, 3.8) is 0 Å². The van der Waals surface area contributed by atoms with Crippen molar-refractivity contribution in [3.8, 4) is 11.5 Å². The Morgan fingerprint density at radius 2 is 1.81 bits per heavy atom. The van der Waals surface area contributed by atoms with Crippen molar-refractivity contribution in [1.82, 2.24) is 4.57 Å². The summed E-state index contributed by atoms with van der Waals surface area (Å²) in [7, 11) is 1.35. The minimum Gasteiger partial charge on any atom is -0.490 e. The standard InChI is InChI=1S/C33H31BrN2O5S/c1-5-25-28(32(38)39-4)29(23-10-8-7-9-11-23)36-31(37)27(42-33(36)35-25)18-22-16-24(34)30(26(17-22)40-6-2)41-19-21-14-12-20(3)13-15-21/h7-18,29H,5-6,19H2,1-4H3/b27-18-/t29-/m0/s1. The number of ether oxygens (including phenoxy) is 3. The van der Waals surface area contributed by atoms with Gasteiger partial charge in [0, 0.05) is 0 Å². The summed E-state index contributed by atoms with van der Waals surface area (Å²) in [4.78, 5) is 32.2. The van der Waals surface area contributed by atoms with Gasteiger partial charge in [-0.25, -0.2) is 9.79 Å². The molecule has 216 valence electrons. The van der Waals surface area contributed by atoms with E-state index < -0.39 is 12.0 Å². The number of carbonyl (C=O) groups is 1. The maximum Gasteiger partial charge on any atom is 0.338 e. The van der Waals surface area contributed by atoms with E-state index in [-0.39, 0.29) is 5.56 Å². The Morgan fingerprint density at radius 3 is 2.48 bits per heavy atom. The third-order valence-electron chi connectivity index (χ3n) is 6.90. The van der Waals surface area contributed by atoms with Gasteiger partial charge in [-0.05, 0) is 71.1 Å². The van der Waals surface area contributed by atoms with Crippen LogP contribution in [0.4, 0.5) is 0 Å². The van der Waals surface area contributed by atoms with E-state index in [0.29, 0.717) is 56.2 Å². The number of hydrogen-bond acceptors (Lipinski definition) is 7. The van der Waals surface area contributed by atoms with Crippen LogP contribution in [0.15, 0.2) is 92.3 Å². The van der Waals surface area contributed by atoms with E-state index in [1.54, 1.807) is 4.57 Å². The van der Waals surface area contributed by atoms with Gasteiger partial charge in [-0.15, -0.1) is 0 Å². The van der Waals surface area contributed by atoms with Crippen molar-refractivity contribution in [1.29, 1.82) is 0 Å². The summed E-state index contributed by atoms with van der Waals surface area (Å²) in [5.74, 6) is 0.669. The Morgan fingerprint density at radius 1 is 1.07 bits per heavy atom. The number of thiazole rings is 1. The molecule has 0 saturated heterocycles. The molecule has 0 bridgehead atoms. The first-order valence-corrected chi connectivity index (χ1v) is 15.3. The Balaban J connectivity index is 1.59. The smallest absolute Gasteiger partial charge is 0.338 e. The zero-order valence-electron chi connectivity index (χ0n) is 23.8. The highest BCUT2D eigenvalue weighted by Crippen LogP contribution is 2.38. The fraction of sp³-hybridized carbons (Fsp3) is 0.242. The van der Waals surface area contributed by atoms with E-state index in [1.165, 1.54) is 24.0 Å². The van der Waals surface area contributed by atoms with Gasteiger partial charge in [-0.3, -0.25) is 9.36 Å². The normalized spacial score (nSPS) is 14.8. The molecule has 7 nitrogen and oxygen atoms in total. The molecule has 2 heterocycles. The quantitative estimate of drug-likeness (QED) is 0.213. The number of esters is 1.